The summed E-state index contributed by atoms with van der Waals surface area (Å²) in [5.41, 5.74) is 4.12. The molecular formula is C24H31FN2O2. The third kappa shape index (κ3) is 5.72. The van der Waals surface area contributed by atoms with E-state index in [2.05, 4.69) is 43.1 Å². The van der Waals surface area contributed by atoms with Crippen LogP contribution < -0.4 is 15.0 Å². The van der Waals surface area contributed by atoms with E-state index in [1.807, 2.05) is 13.8 Å². The number of carbonyl (C=O) groups is 1. The van der Waals surface area contributed by atoms with Crippen molar-refractivity contribution in [1.82, 2.24) is 0 Å². The average Bonchev–Trinajstić information content (AvgIpc) is 3.07. The van der Waals surface area contributed by atoms with Gasteiger partial charge in [-0.1, -0.05) is 20.8 Å². The Kier molecular flexibility index (Phi) is 6.15. The highest BCUT2D eigenvalue weighted by Crippen LogP contribution is 2.31. The summed E-state index contributed by atoms with van der Waals surface area (Å²) >= 11 is 0. The molecule has 0 spiro atoms. The second-order valence-corrected chi connectivity index (χ2v) is 9.17. The smallest absolute Gasteiger partial charge is 0.224 e. The second kappa shape index (κ2) is 8.44. The number of amides is 1. The SMILES string of the molecule is Cc1cc(N2CCC(Oc3ccc(F)cc3)C2)cc(C)c1NC(=O)CC(C)(C)C. The predicted octanol–water partition coefficient (Wildman–Crippen LogP) is 5.47. The van der Waals surface area contributed by atoms with Crippen LogP contribution >= 0.6 is 0 Å². The van der Waals surface area contributed by atoms with Crippen molar-refractivity contribution in [2.24, 2.45) is 5.41 Å². The van der Waals surface area contributed by atoms with Crippen LogP contribution in [0.2, 0.25) is 0 Å². The summed E-state index contributed by atoms with van der Waals surface area (Å²) in [4.78, 5) is 14.7. The fraction of sp³-hybridized carbons (Fsp3) is 0.458. The zero-order chi connectivity index (χ0) is 21.2. The third-order valence-corrected chi connectivity index (χ3v) is 5.10. The minimum absolute atomic E-state index is 0.0408. The molecule has 1 unspecified atom stereocenters. The van der Waals surface area contributed by atoms with Gasteiger partial charge < -0.3 is 15.0 Å². The molecular weight excluding hydrogens is 367 g/mol. The van der Waals surface area contributed by atoms with Crippen LogP contribution in [0, 0.1) is 25.1 Å². The van der Waals surface area contributed by atoms with Crippen molar-refractivity contribution < 1.29 is 13.9 Å². The molecule has 1 saturated heterocycles. The monoisotopic (exact) mass is 398 g/mol. The van der Waals surface area contributed by atoms with Gasteiger partial charge in [0.1, 0.15) is 17.7 Å². The number of carbonyl (C=O) groups excluding carboxylic acids is 1. The van der Waals surface area contributed by atoms with Gasteiger partial charge in [0, 0.05) is 30.8 Å². The van der Waals surface area contributed by atoms with Gasteiger partial charge in [-0.15, -0.1) is 0 Å². The molecule has 2 aromatic rings. The molecule has 1 aliphatic heterocycles. The number of rotatable bonds is 5. The Balaban J connectivity index is 1.65. The van der Waals surface area contributed by atoms with Crippen LogP contribution in [0.3, 0.4) is 0 Å². The number of nitrogens with one attached hydrogen (secondary N) is 1. The third-order valence-electron chi connectivity index (χ3n) is 5.10. The summed E-state index contributed by atoms with van der Waals surface area (Å²) in [7, 11) is 0. The quantitative estimate of drug-likeness (QED) is 0.726. The van der Waals surface area contributed by atoms with Crippen LogP contribution in [0.1, 0.15) is 44.7 Å². The molecule has 156 valence electrons. The highest BCUT2D eigenvalue weighted by atomic mass is 19.1. The van der Waals surface area contributed by atoms with Gasteiger partial charge >= 0.3 is 0 Å². The van der Waals surface area contributed by atoms with Crippen LogP contribution in [0.5, 0.6) is 5.75 Å². The predicted molar refractivity (Wildman–Crippen MR) is 116 cm³/mol. The highest BCUT2D eigenvalue weighted by molar-refractivity contribution is 5.93. The Bertz CT molecular complexity index is 848. The average molecular weight is 399 g/mol. The second-order valence-electron chi connectivity index (χ2n) is 9.17. The standard InChI is InChI=1S/C24H31FN2O2/c1-16-12-19(13-17(2)23(16)26-22(28)14-24(3,4)5)27-11-10-21(15-27)29-20-8-6-18(25)7-9-20/h6-9,12-13,21H,10-11,14-15H2,1-5H3,(H,26,28). The van der Waals surface area contributed by atoms with Crippen molar-refractivity contribution in [3.05, 3.63) is 53.3 Å². The van der Waals surface area contributed by atoms with Crippen LogP contribution in [-0.2, 0) is 4.79 Å². The Labute approximate surface area is 173 Å². The lowest BCUT2D eigenvalue weighted by molar-refractivity contribution is -0.117. The molecule has 5 heteroatoms. The fourth-order valence-electron chi connectivity index (χ4n) is 3.75. The first-order valence-electron chi connectivity index (χ1n) is 10.2. The molecule has 0 bridgehead atoms. The van der Waals surface area contributed by atoms with E-state index in [0.717, 1.165) is 42.0 Å². The molecule has 1 amide bonds. The van der Waals surface area contributed by atoms with Gasteiger partial charge in [0.2, 0.25) is 5.91 Å². The highest BCUT2D eigenvalue weighted by Gasteiger charge is 2.25. The number of anilines is 2. The zero-order valence-corrected chi connectivity index (χ0v) is 18.0. The minimum atomic E-state index is -0.258. The summed E-state index contributed by atoms with van der Waals surface area (Å²) < 4.78 is 19.1. The number of hydrogen-bond acceptors (Lipinski definition) is 3. The first-order valence-corrected chi connectivity index (χ1v) is 10.2. The van der Waals surface area contributed by atoms with Crippen molar-refractivity contribution in [1.29, 1.82) is 0 Å². The zero-order valence-electron chi connectivity index (χ0n) is 18.0. The number of ether oxygens (including phenoxy) is 1. The van der Waals surface area contributed by atoms with Gasteiger partial charge in [0.15, 0.2) is 0 Å². The molecule has 2 aromatic carbocycles. The molecule has 1 aliphatic rings. The van der Waals surface area contributed by atoms with Gasteiger partial charge in [0.25, 0.3) is 0 Å². The molecule has 1 atom stereocenters. The summed E-state index contributed by atoms with van der Waals surface area (Å²) in [5, 5.41) is 3.09. The Hall–Kier alpha value is -2.56. The summed E-state index contributed by atoms with van der Waals surface area (Å²) in [6.45, 7) is 11.9. The molecule has 1 fully saturated rings. The summed E-state index contributed by atoms with van der Waals surface area (Å²) in [6.07, 6.45) is 1.48. The van der Waals surface area contributed by atoms with Crippen molar-refractivity contribution in [3.8, 4) is 5.75 Å². The lowest BCUT2D eigenvalue weighted by Gasteiger charge is -2.23. The van der Waals surface area contributed by atoms with Crippen LogP contribution in [0.4, 0.5) is 15.8 Å². The Morgan fingerprint density at radius 3 is 2.38 bits per heavy atom. The van der Waals surface area contributed by atoms with E-state index in [-0.39, 0.29) is 23.2 Å². The maximum atomic E-state index is 13.1. The van der Waals surface area contributed by atoms with Gasteiger partial charge in [-0.05, 0) is 66.8 Å². The van der Waals surface area contributed by atoms with Gasteiger partial charge in [0.05, 0.1) is 6.54 Å². The molecule has 3 rings (SSSR count). The van der Waals surface area contributed by atoms with Gasteiger partial charge in [-0.3, -0.25) is 4.79 Å². The molecule has 0 radical (unpaired) electrons. The van der Waals surface area contributed by atoms with E-state index >= 15 is 0 Å². The normalized spacial score (nSPS) is 16.8. The van der Waals surface area contributed by atoms with Crippen LogP contribution in [-0.4, -0.2) is 25.1 Å². The van der Waals surface area contributed by atoms with Crippen molar-refractivity contribution in [3.63, 3.8) is 0 Å². The fourth-order valence-corrected chi connectivity index (χ4v) is 3.75. The summed E-state index contributed by atoms with van der Waals surface area (Å²) in [5.74, 6) is 0.485. The van der Waals surface area contributed by atoms with E-state index in [4.69, 9.17) is 4.74 Å². The van der Waals surface area contributed by atoms with Crippen molar-refractivity contribution in [2.75, 3.05) is 23.3 Å². The maximum absolute atomic E-state index is 13.1. The number of benzene rings is 2. The van der Waals surface area contributed by atoms with E-state index in [0.29, 0.717) is 12.2 Å². The summed E-state index contributed by atoms with van der Waals surface area (Å²) in [6, 6.07) is 10.4. The lowest BCUT2D eigenvalue weighted by atomic mass is 9.92. The topological polar surface area (TPSA) is 41.6 Å². The van der Waals surface area contributed by atoms with E-state index < -0.39 is 0 Å². The molecule has 29 heavy (non-hydrogen) atoms. The van der Waals surface area contributed by atoms with Crippen molar-refractivity contribution in [2.45, 2.75) is 53.6 Å². The van der Waals surface area contributed by atoms with Gasteiger partial charge in [-0.2, -0.15) is 0 Å². The molecule has 0 aromatic heterocycles. The lowest BCUT2D eigenvalue weighted by Crippen LogP contribution is -2.25. The minimum Gasteiger partial charge on any atom is -0.489 e. The number of hydrogen-bond donors (Lipinski definition) is 1. The Morgan fingerprint density at radius 2 is 1.79 bits per heavy atom. The van der Waals surface area contributed by atoms with E-state index in [9.17, 15) is 9.18 Å². The number of aryl methyl sites for hydroxylation is 2. The van der Waals surface area contributed by atoms with Crippen LogP contribution in [0.25, 0.3) is 0 Å². The van der Waals surface area contributed by atoms with E-state index in [1.54, 1.807) is 12.1 Å². The molecule has 4 nitrogen and oxygen atoms in total. The first-order chi connectivity index (χ1) is 13.6. The number of nitrogens with zero attached hydrogens (tertiary/aromatic N) is 1. The van der Waals surface area contributed by atoms with E-state index in [1.165, 1.54) is 12.1 Å². The molecule has 0 aliphatic carbocycles. The number of halogens is 1. The van der Waals surface area contributed by atoms with Gasteiger partial charge in [-0.25, -0.2) is 4.39 Å². The van der Waals surface area contributed by atoms with Crippen molar-refractivity contribution >= 4 is 17.3 Å². The molecule has 0 saturated carbocycles. The largest absolute Gasteiger partial charge is 0.489 e. The molecule has 1 N–H and O–H groups in total. The van der Waals surface area contributed by atoms with Crippen LogP contribution in [0.15, 0.2) is 36.4 Å². The maximum Gasteiger partial charge on any atom is 0.224 e. The first kappa shape index (κ1) is 21.2. The Morgan fingerprint density at radius 1 is 1.17 bits per heavy atom. The molecule has 1 heterocycles.